The zero-order chi connectivity index (χ0) is 17.1. The molecule has 0 bridgehead atoms. The number of benzene rings is 1. The molecule has 1 aliphatic rings. The molecule has 128 valence electrons. The van der Waals surface area contributed by atoms with Gasteiger partial charge in [-0.3, -0.25) is 0 Å². The van der Waals surface area contributed by atoms with Crippen molar-refractivity contribution < 1.29 is 9.42 Å². The predicted octanol–water partition coefficient (Wildman–Crippen LogP) is 1.35. The van der Waals surface area contributed by atoms with Crippen molar-refractivity contribution >= 4 is 5.82 Å². The summed E-state index contributed by atoms with van der Waals surface area (Å²) in [5.74, 6) is 2.43. The van der Waals surface area contributed by atoms with Gasteiger partial charge in [0.1, 0.15) is 5.82 Å². The van der Waals surface area contributed by atoms with Crippen LogP contribution in [0.15, 0.2) is 53.2 Å². The van der Waals surface area contributed by atoms with Gasteiger partial charge in [-0.1, -0.05) is 41.1 Å². The molecule has 3 heterocycles. The van der Waals surface area contributed by atoms with Crippen LogP contribution in [0.5, 0.6) is 0 Å². The number of hydrogen-bond acceptors (Lipinski definition) is 5. The average molecular weight is 336 g/mol. The Balaban J connectivity index is 1.35. The Morgan fingerprint density at radius 1 is 1.08 bits per heavy atom. The number of aromatic nitrogens is 3. The zero-order valence-corrected chi connectivity index (χ0v) is 14.4. The van der Waals surface area contributed by atoms with Gasteiger partial charge in [0.2, 0.25) is 5.82 Å². The Hall–Kier alpha value is -2.73. The van der Waals surface area contributed by atoms with E-state index in [1.165, 1.54) is 10.5 Å². The van der Waals surface area contributed by atoms with Crippen LogP contribution in [-0.4, -0.2) is 41.3 Å². The van der Waals surface area contributed by atoms with Gasteiger partial charge >= 0.3 is 0 Å². The largest absolute Gasteiger partial charge is 0.345 e. The normalized spacial score (nSPS) is 15.5. The molecular weight excluding hydrogens is 314 g/mol. The second-order valence-corrected chi connectivity index (χ2v) is 6.48. The zero-order valence-electron chi connectivity index (χ0n) is 14.4. The molecule has 0 radical (unpaired) electrons. The van der Waals surface area contributed by atoms with Gasteiger partial charge in [-0.05, 0) is 19.1 Å². The lowest BCUT2D eigenvalue weighted by Crippen LogP contribution is -3.13. The van der Waals surface area contributed by atoms with Crippen molar-refractivity contribution in [1.82, 2.24) is 15.1 Å². The summed E-state index contributed by atoms with van der Waals surface area (Å²) in [6.45, 7) is 6.91. The summed E-state index contributed by atoms with van der Waals surface area (Å²) in [5, 5.41) is 4.12. The van der Waals surface area contributed by atoms with Crippen LogP contribution in [0, 0.1) is 6.92 Å². The third-order valence-corrected chi connectivity index (χ3v) is 4.62. The topological polar surface area (TPSA) is 59.5 Å². The van der Waals surface area contributed by atoms with Crippen LogP contribution in [0.2, 0.25) is 0 Å². The molecule has 0 amide bonds. The Morgan fingerprint density at radius 2 is 1.88 bits per heavy atom. The first-order valence-electron chi connectivity index (χ1n) is 8.67. The minimum atomic E-state index is 0.668. The fourth-order valence-electron chi connectivity index (χ4n) is 3.13. The number of rotatable bonds is 4. The summed E-state index contributed by atoms with van der Waals surface area (Å²) >= 11 is 0. The van der Waals surface area contributed by atoms with E-state index < -0.39 is 0 Å². The highest BCUT2D eigenvalue weighted by molar-refractivity contribution is 5.54. The van der Waals surface area contributed by atoms with Gasteiger partial charge in [-0.2, -0.15) is 4.98 Å². The number of nitrogens with one attached hydrogen (secondary N) is 1. The minimum absolute atomic E-state index is 0.668. The number of hydrogen-bond donors (Lipinski definition) is 1. The summed E-state index contributed by atoms with van der Waals surface area (Å²) in [5.41, 5.74) is 2.22. The molecule has 0 unspecified atom stereocenters. The molecule has 6 nitrogen and oxygen atoms in total. The van der Waals surface area contributed by atoms with E-state index >= 15 is 0 Å². The van der Waals surface area contributed by atoms with Crippen LogP contribution in [-0.2, 0) is 6.54 Å². The van der Waals surface area contributed by atoms with Crippen molar-refractivity contribution in [3.05, 3.63) is 60.1 Å². The number of nitrogens with zero attached hydrogens (tertiary/aromatic N) is 4. The van der Waals surface area contributed by atoms with Gasteiger partial charge in [-0.15, -0.1) is 0 Å². The van der Waals surface area contributed by atoms with Crippen molar-refractivity contribution in [2.45, 2.75) is 13.5 Å². The van der Waals surface area contributed by atoms with Crippen molar-refractivity contribution in [2.24, 2.45) is 0 Å². The molecular formula is C19H22N5O+. The van der Waals surface area contributed by atoms with Gasteiger partial charge in [0.15, 0.2) is 6.54 Å². The molecule has 2 aromatic heterocycles. The van der Waals surface area contributed by atoms with E-state index in [0.29, 0.717) is 11.7 Å². The first-order chi connectivity index (χ1) is 12.3. The summed E-state index contributed by atoms with van der Waals surface area (Å²) in [7, 11) is 0. The number of aryl methyl sites for hydroxylation is 1. The molecule has 0 saturated carbocycles. The van der Waals surface area contributed by atoms with Crippen LogP contribution in [0.25, 0.3) is 11.4 Å². The molecule has 0 spiro atoms. The smallest absolute Gasteiger partial charge is 0.282 e. The highest BCUT2D eigenvalue weighted by atomic mass is 16.5. The Bertz CT molecular complexity index is 807. The molecule has 0 aliphatic carbocycles. The summed E-state index contributed by atoms with van der Waals surface area (Å²) in [6.07, 6.45) is 1.85. The van der Waals surface area contributed by atoms with Gasteiger partial charge in [0.05, 0.1) is 26.2 Å². The lowest BCUT2D eigenvalue weighted by molar-refractivity contribution is -0.915. The van der Waals surface area contributed by atoms with Crippen molar-refractivity contribution in [3.8, 4) is 11.4 Å². The van der Waals surface area contributed by atoms with E-state index in [4.69, 9.17) is 4.52 Å². The molecule has 0 atom stereocenters. The average Bonchev–Trinajstić information content (AvgIpc) is 3.12. The van der Waals surface area contributed by atoms with E-state index in [9.17, 15) is 0 Å². The number of anilines is 1. The maximum Gasteiger partial charge on any atom is 0.282 e. The van der Waals surface area contributed by atoms with Gasteiger partial charge in [-0.25, -0.2) is 4.98 Å². The van der Waals surface area contributed by atoms with Crippen molar-refractivity contribution in [1.29, 1.82) is 0 Å². The second kappa shape index (κ2) is 7.03. The van der Waals surface area contributed by atoms with Crippen molar-refractivity contribution in [2.75, 3.05) is 31.1 Å². The van der Waals surface area contributed by atoms with Crippen molar-refractivity contribution in [3.63, 3.8) is 0 Å². The van der Waals surface area contributed by atoms with Crippen LogP contribution in [0.4, 0.5) is 5.82 Å². The third-order valence-electron chi connectivity index (χ3n) is 4.62. The van der Waals surface area contributed by atoms with E-state index in [2.05, 4.69) is 45.1 Å². The summed E-state index contributed by atoms with van der Waals surface area (Å²) in [4.78, 5) is 12.8. The Morgan fingerprint density at radius 3 is 2.60 bits per heavy atom. The highest BCUT2D eigenvalue weighted by Crippen LogP contribution is 2.16. The minimum Gasteiger partial charge on any atom is -0.345 e. The van der Waals surface area contributed by atoms with Gasteiger partial charge in [0, 0.05) is 11.8 Å². The van der Waals surface area contributed by atoms with Gasteiger partial charge < -0.3 is 14.3 Å². The van der Waals surface area contributed by atoms with E-state index in [1.54, 1.807) is 0 Å². The Labute approximate surface area is 147 Å². The fraction of sp³-hybridized carbons (Fsp3) is 0.316. The van der Waals surface area contributed by atoms with E-state index in [1.807, 2.05) is 30.5 Å². The monoisotopic (exact) mass is 336 g/mol. The molecule has 1 N–H and O–H groups in total. The van der Waals surface area contributed by atoms with E-state index in [0.717, 1.165) is 44.1 Å². The molecule has 1 fully saturated rings. The number of quaternary nitrogens is 1. The number of pyridine rings is 1. The van der Waals surface area contributed by atoms with Crippen LogP contribution >= 0.6 is 0 Å². The molecule has 4 rings (SSSR count). The second-order valence-electron chi connectivity index (χ2n) is 6.48. The fourth-order valence-corrected chi connectivity index (χ4v) is 3.13. The number of piperazine rings is 1. The summed E-state index contributed by atoms with van der Waals surface area (Å²) in [6, 6.07) is 14.2. The quantitative estimate of drug-likeness (QED) is 0.779. The maximum absolute atomic E-state index is 5.46. The standard InChI is InChI=1S/C19H21N5O/c1-15-5-7-16(8-6-15)19-21-18(25-22-19)14-23-10-12-24(13-11-23)17-4-2-3-9-20-17/h2-9H,10-14H2,1H3/p+1. The summed E-state index contributed by atoms with van der Waals surface area (Å²) < 4.78 is 5.46. The maximum atomic E-state index is 5.46. The molecule has 3 aromatic rings. The lowest BCUT2D eigenvalue weighted by atomic mass is 10.1. The van der Waals surface area contributed by atoms with E-state index in [-0.39, 0.29) is 0 Å². The highest BCUT2D eigenvalue weighted by Gasteiger charge is 2.23. The molecule has 1 aliphatic heterocycles. The lowest BCUT2D eigenvalue weighted by Gasteiger charge is -2.32. The molecule has 1 aromatic carbocycles. The molecule has 6 heteroatoms. The SMILES string of the molecule is Cc1ccc(-c2noc(C[NH+]3CCN(c4ccccn4)CC3)n2)cc1. The van der Waals surface area contributed by atoms with Gasteiger partial charge in [0.25, 0.3) is 5.89 Å². The first-order valence-corrected chi connectivity index (χ1v) is 8.67. The van der Waals surface area contributed by atoms with Crippen LogP contribution in [0.3, 0.4) is 0 Å². The third kappa shape index (κ3) is 3.69. The van der Waals surface area contributed by atoms with Crippen LogP contribution < -0.4 is 9.80 Å². The molecule has 1 saturated heterocycles. The Kier molecular flexibility index (Phi) is 4.43. The molecule has 25 heavy (non-hydrogen) atoms. The predicted molar refractivity (Wildman–Crippen MR) is 95.3 cm³/mol. The first kappa shape index (κ1) is 15.8. The van der Waals surface area contributed by atoms with Crippen LogP contribution in [0.1, 0.15) is 11.5 Å².